The van der Waals surface area contributed by atoms with Gasteiger partial charge in [0.15, 0.2) is 0 Å². The van der Waals surface area contributed by atoms with Gasteiger partial charge in [0.1, 0.15) is 0 Å². The summed E-state index contributed by atoms with van der Waals surface area (Å²) in [6.45, 7) is 18.3. The average molecular weight is 393 g/mol. The monoisotopic (exact) mass is 392 g/mol. The Morgan fingerprint density at radius 3 is 1.71 bits per heavy atom. The highest BCUT2D eigenvalue weighted by Gasteiger charge is 2.59. The second kappa shape index (κ2) is 7.31. The zero-order valence-electron chi connectivity index (χ0n) is 19.0. The van der Waals surface area contributed by atoms with Gasteiger partial charge < -0.3 is 0 Å². The summed E-state index contributed by atoms with van der Waals surface area (Å²) >= 11 is 0. The van der Waals surface area contributed by atoms with E-state index >= 15 is 0 Å². The standard InChI is InChI=1S/C27H40Si/c1-17-18(2)20(4)26(19(17)3)28(6,7)27-24-16-12-11-15-23(24)21(5)25(27)22-13-9-8-10-14-22/h8-21,23-27H,1-7H3. The van der Waals surface area contributed by atoms with Crippen LogP contribution in [0.25, 0.3) is 0 Å². The molecule has 0 aromatic heterocycles. The molecule has 4 rings (SSSR count). The summed E-state index contributed by atoms with van der Waals surface area (Å²) in [6.07, 6.45) is 9.76. The Morgan fingerprint density at radius 1 is 0.607 bits per heavy atom. The minimum atomic E-state index is -1.53. The largest absolute Gasteiger partial charge is 0.0808 e. The van der Waals surface area contributed by atoms with Gasteiger partial charge in [0, 0.05) is 0 Å². The smallest absolute Gasteiger partial charge is 0.0553 e. The molecule has 0 aliphatic heterocycles. The quantitative estimate of drug-likeness (QED) is 0.460. The zero-order chi connectivity index (χ0) is 20.2. The molecule has 9 atom stereocenters. The number of benzene rings is 1. The lowest BCUT2D eigenvalue weighted by molar-refractivity contribution is 0.352. The summed E-state index contributed by atoms with van der Waals surface area (Å²) in [4.78, 5) is 0. The number of fused-ring (bicyclic) bond motifs is 1. The molecular weight excluding hydrogens is 352 g/mol. The van der Waals surface area contributed by atoms with Gasteiger partial charge in [0.25, 0.3) is 0 Å². The molecule has 0 amide bonds. The first-order valence-electron chi connectivity index (χ1n) is 11.7. The Morgan fingerprint density at radius 2 is 1.14 bits per heavy atom. The van der Waals surface area contributed by atoms with Gasteiger partial charge in [0.05, 0.1) is 8.07 Å². The van der Waals surface area contributed by atoms with Crippen molar-refractivity contribution in [2.45, 2.75) is 64.7 Å². The molecule has 2 fully saturated rings. The van der Waals surface area contributed by atoms with Gasteiger partial charge in [-0.3, -0.25) is 0 Å². The van der Waals surface area contributed by atoms with Gasteiger partial charge >= 0.3 is 0 Å². The van der Waals surface area contributed by atoms with Gasteiger partial charge in [-0.1, -0.05) is 102 Å². The summed E-state index contributed by atoms with van der Waals surface area (Å²) < 4.78 is 0. The number of hydrogen-bond acceptors (Lipinski definition) is 0. The summed E-state index contributed by atoms with van der Waals surface area (Å²) in [5.41, 5.74) is 3.36. The molecule has 0 saturated heterocycles. The van der Waals surface area contributed by atoms with Crippen molar-refractivity contribution >= 4 is 8.07 Å². The summed E-state index contributed by atoms with van der Waals surface area (Å²) in [6, 6.07) is 11.5. The van der Waals surface area contributed by atoms with E-state index in [1.807, 2.05) is 0 Å². The number of allylic oxidation sites excluding steroid dienone is 4. The van der Waals surface area contributed by atoms with Crippen LogP contribution in [0.4, 0.5) is 0 Å². The van der Waals surface area contributed by atoms with Crippen molar-refractivity contribution in [3.63, 3.8) is 0 Å². The molecule has 0 nitrogen and oxygen atoms in total. The molecule has 28 heavy (non-hydrogen) atoms. The second-order valence-electron chi connectivity index (χ2n) is 11.0. The maximum atomic E-state index is 2.76. The van der Waals surface area contributed by atoms with E-state index in [2.05, 4.69) is 102 Å². The Hall–Kier alpha value is -1.08. The lowest BCUT2D eigenvalue weighted by Crippen LogP contribution is -2.45. The second-order valence-corrected chi connectivity index (χ2v) is 16.0. The summed E-state index contributed by atoms with van der Waals surface area (Å²) in [5.74, 6) is 6.33. The molecule has 0 radical (unpaired) electrons. The molecule has 0 N–H and O–H groups in total. The molecule has 0 bridgehead atoms. The van der Waals surface area contributed by atoms with Crippen LogP contribution in [0.15, 0.2) is 54.6 Å². The third-order valence-electron chi connectivity index (χ3n) is 9.72. The molecule has 9 unspecified atom stereocenters. The summed E-state index contributed by atoms with van der Waals surface area (Å²) in [7, 11) is -1.53. The van der Waals surface area contributed by atoms with Crippen LogP contribution in [0.3, 0.4) is 0 Å². The molecule has 2 saturated carbocycles. The SMILES string of the molecule is CC1C(C)C(C)C([Si](C)(C)C2C3C=CC=CC3C(C)C2c2ccccc2)C1C. The van der Waals surface area contributed by atoms with Crippen molar-refractivity contribution in [2.24, 2.45) is 41.4 Å². The van der Waals surface area contributed by atoms with E-state index in [0.29, 0.717) is 11.8 Å². The van der Waals surface area contributed by atoms with Crippen LogP contribution >= 0.6 is 0 Å². The predicted molar refractivity (Wildman–Crippen MR) is 125 cm³/mol. The van der Waals surface area contributed by atoms with Crippen LogP contribution in [-0.2, 0) is 0 Å². The minimum Gasteiger partial charge on any atom is -0.0808 e. The first-order chi connectivity index (χ1) is 13.3. The fraction of sp³-hybridized carbons (Fsp3) is 0.630. The Labute approximate surface area is 174 Å². The first-order valence-corrected chi connectivity index (χ1v) is 14.8. The summed E-state index contributed by atoms with van der Waals surface area (Å²) in [5, 5.41) is 0. The van der Waals surface area contributed by atoms with E-state index in [-0.39, 0.29) is 0 Å². The molecule has 152 valence electrons. The molecule has 0 heterocycles. The van der Waals surface area contributed by atoms with Gasteiger partial charge in [-0.05, 0) is 64.0 Å². The third kappa shape index (κ3) is 2.92. The van der Waals surface area contributed by atoms with E-state index in [1.54, 1.807) is 5.56 Å². The van der Waals surface area contributed by atoms with E-state index in [1.165, 1.54) is 0 Å². The van der Waals surface area contributed by atoms with Crippen molar-refractivity contribution in [1.29, 1.82) is 0 Å². The minimum absolute atomic E-state index is 0.705. The van der Waals surface area contributed by atoms with Gasteiger partial charge in [-0.25, -0.2) is 0 Å². The van der Waals surface area contributed by atoms with E-state index in [0.717, 1.165) is 46.6 Å². The van der Waals surface area contributed by atoms with Crippen LogP contribution < -0.4 is 0 Å². The van der Waals surface area contributed by atoms with Crippen LogP contribution in [0.2, 0.25) is 24.2 Å². The Balaban J connectivity index is 1.80. The molecule has 3 aliphatic rings. The normalized spacial score (nSPS) is 45.4. The first kappa shape index (κ1) is 20.2. The lowest BCUT2D eigenvalue weighted by atomic mass is 9.84. The number of rotatable bonds is 3. The fourth-order valence-corrected chi connectivity index (χ4v) is 14.7. The maximum Gasteiger partial charge on any atom is 0.0553 e. The van der Waals surface area contributed by atoms with Crippen LogP contribution in [0.1, 0.15) is 46.1 Å². The lowest BCUT2D eigenvalue weighted by Gasteiger charge is -2.46. The molecular formula is C27H40Si. The molecule has 1 aromatic rings. The predicted octanol–water partition coefficient (Wildman–Crippen LogP) is 7.79. The van der Waals surface area contributed by atoms with E-state index in [9.17, 15) is 0 Å². The fourth-order valence-electron chi connectivity index (χ4n) is 8.15. The molecule has 3 aliphatic carbocycles. The molecule has 1 heteroatoms. The van der Waals surface area contributed by atoms with Gasteiger partial charge in [0.2, 0.25) is 0 Å². The highest BCUT2D eigenvalue weighted by atomic mass is 28.3. The van der Waals surface area contributed by atoms with Crippen molar-refractivity contribution in [3.8, 4) is 0 Å². The number of hydrogen-bond donors (Lipinski definition) is 0. The zero-order valence-corrected chi connectivity index (χ0v) is 20.0. The van der Waals surface area contributed by atoms with Crippen molar-refractivity contribution in [2.75, 3.05) is 0 Å². The Kier molecular flexibility index (Phi) is 5.27. The third-order valence-corrected chi connectivity index (χ3v) is 15.0. The van der Waals surface area contributed by atoms with Gasteiger partial charge in [-0.2, -0.15) is 0 Å². The van der Waals surface area contributed by atoms with Crippen molar-refractivity contribution < 1.29 is 0 Å². The highest BCUT2D eigenvalue weighted by Crippen LogP contribution is 2.65. The highest BCUT2D eigenvalue weighted by molar-refractivity contribution is 6.80. The van der Waals surface area contributed by atoms with E-state index < -0.39 is 8.07 Å². The topological polar surface area (TPSA) is 0 Å². The Bertz CT molecular complexity index is 731. The van der Waals surface area contributed by atoms with Crippen molar-refractivity contribution in [3.05, 3.63) is 60.2 Å². The molecule has 0 spiro atoms. The van der Waals surface area contributed by atoms with Crippen LogP contribution in [0.5, 0.6) is 0 Å². The average Bonchev–Trinajstić information content (AvgIpc) is 3.10. The van der Waals surface area contributed by atoms with Crippen LogP contribution in [-0.4, -0.2) is 8.07 Å². The maximum absolute atomic E-state index is 2.76. The van der Waals surface area contributed by atoms with E-state index in [4.69, 9.17) is 0 Å². The van der Waals surface area contributed by atoms with Crippen LogP contribution in [0, 0.1) is 41.4 Å². The molecule has 1 aromatic carbocycles. The van der Waals surface area contributed by atoms with Gasteiger partial charge in [-0.15, -0.1) is 0 Å². The van der Waals surface area contributed by atoms with Crippen molar-refractivity contribution in [1.82, 2.24) is 0 Å².